The molecule has 0 spiro atoms. The molecular formula is C20H30N6O. The molecule has 2 fully saturated rings. The minimum absolute atomic E-state index is 0.238. The van der Waals surface area contributed by atoms with E-state index in [4.69, 9.17) is 0 Å². The molecule has 7 heteroatoms. The van der Waals surface area contributed by atoms with E-state index in [0.717, 1.165) is 50.4 Å². The third kappa shape index (κ3) is 4.06. The number of imidazole rings is 1. The van der Waals surface area contributed by atoms with Gasteiger partial charge in [0.15, 0.2) is 5.82 Å². The second-order valence-corrected chi connectivity index (χ2v) is 8.08. The van der Waals surface area contributed by atoms with Crippen LogP contribution in [0.15, 0.2) is 18.7 Å². The summed E-state index contributed by atoms with van der Waals surface area (Å²) < 4.78 is 4.10. The largest absolute Gasteiger partial charge is 0.342 e. The fourth-order valence-corrected chi connectivity index (χ4v) is 4.58. The van der Waals surface area contributed by atoms with Gasteiger partial charge in [-0.3, -0.25) is 4.79 Å². The van der Waals surface area contributed by atoms with Crippen molar-refractivity contribution in [2.45, 2.75) is 63.8 Å². The normalized spacial score (nSPS) is 22.0. The molecule has 0 aromatic carbocycles. The molecule has 1 atom stereocenters. The fraction of sp³-hybridized carbons (Fsp3) is 0.700. The maximum atomic E-state index is 13.1. The standard InChI is InChI=1S/C20H30N6O/c1-24-18(14-25-12-10-21-15-25)22-23-19(24)17-9-6-11-26(13-17)20(27)16-7-4-2-3-5-8-16/h10,12,15-17H,2-9,11,13-14H2,1H3/t17-/m0/s1. The molecule has 0 unspecified atom stereocenters. The Morgan fingerprint density at radius 2 is 1.93 bits per heavy atom. The lowest BCUT2D eigenvalue weighted by atomic mass is 9.93. The number of rotatable bonds is 4. The van der Waals surface area contributed by atoms with E-state index in [2.05, 4.69) is 24.6 Å². The first kappa shape index (κ1) is 18.2. The molecule has 4 rings (SSSR count). The monoisotopic (exact) mass is 370 g/mol. The smallest absolute Gasteiger partial charge is 0.225 e. The number of carbonyl (C=O) groups is 1. The van der Waals surface area contributed by atoms with Gasteiger partial charge in [-0.15, -0.1) is 10.2 Å². The molecular weight excluding hydrogens is 340 g/mol. The molecule has 2 aromatic heterocycles. The summed E-state index contributed by atoms with van der Waals surface area (Å²) in [4.78, 5) is 19.2. The number of aromatic nitrogens is 5. The van der Waals surface area contributed by atoms with Crippen LogP contribution < -0.4 is 0 Å². The Hall–Kier alpha value is -2.18. The molecule has 1 saturated carbocycles. The summed E-state index contributed by atoms with van der Waals surface area (Å²) >= 11 is 0. The summed E-state index contributed by atoms with van der Waals surface area (Å²) in [5, 5.41) is 8.88. The second kappa shape index (κ2) is 8.23. The van der Waals surface area contributed by atoms with Crippen molar-refractivity contribution < 1.29 is 4.79 Å². The van der Waals surface area contributed by atoms with Gasteiger partial charge in [-0.05, 0) is 25.7 Å². The zero-order valence-electron chi connectivity index (χ0n) is 16.3. The van der Waals surface area contributed by atoms with Crippen LogP contribution >= 0.6 is 0 Å². The fourth-order valence-electron chi connectivity index (χ4n) is 4.58. The van der Waals surface area contributed by atoms with Crippen molar-refractivity contribution in [2.75, 3.05) is 13.1 Å². The van der Waals surface area contributed by atoms with Crippen LogP contribution in [0.25, 0.3) is 0 Å². The molecule has 1 amide bonds. The topological polar surface area (TPSA) is 68.8 Å². The molecule has 0 radical (unpaired) electrons. The van der Waals surface area contributed by atoms with Crippen LogP contribution in [-0.4, -0.2) is 48.2 Å². The van der Waals surface area contributed by atoms with E-state index in [9.17, 15) is 4.79 Å². The summed E-state index contributed by atoms with van der Waals surface area (Å²) in [5.74, 6) is 2.83. The van der Waals surface area contributed by atoms with E-state index in [0.29, 0.717) is 12.5 Å². The highest BCUT2D eigenvalue weighted by Crippen LogP contribution is 2.30. The van der Waals surface area contributed by atoms with E-state index < -0.39 is 0 Å². The van der Waals surface area contributed by atoms with Crippen molar-refractivity contribution in [3.63, 3.8) is 0 Å². The Morgan fingerprint density at radius 3 is 2.67 bits per heavy atom. The lowest BCUT2D eigenvalue weighted by Crippen LogP contribution is -2.42. The van der Waals surface area contributed by atoms with Gasteiger partial charge in [0.05, 0.1) is 12.9 Å². The minimum Gasteiger partial charge on any atom is -0.342 e. The van der Waals surface area contributed by atoms with Gasteiger partial charge in [-0.2, -0.15) is 0 Å². The summed E-state index contributed by atoms with van der Waals surface area (Å²) in [6.07, 6.45) is 14.7. The van der Waals surface area contributed by atoms with Gasteiger partial charge in [0, 0.05) is 44.4 Å². The van der Waals surface area contributed by atoms with Crippen LogP contribution in [0, 0.1) is 5.92 Å². The van der Waals surface area contributed by atoms with E-state index in [1.165, 1.54) is 25.7 Å². The van der Waals surface area contributed by atoms with Gasteiger partial charge >= 0.3 is 0 Å². The van der Waals surface area contributed by atoms with Gasteiger partial charge in [-0.25, -0.2) is 4.98 Å². The summed E-state index contributed by atoms with van der Waals surface area (Å²) in [5.41, 5.74) is 0. The molecule has 3 heterocycles. The number of amides is 1. The van der Waals surface area contributed by atoms with Crippen LogP contribution in [0.3, 0.4) is 0 Å². The molecule has 2 aromatic rings. The van der Waals surface area contributed by atoms with E-state index >= 15 is 0 Å². The molecule has 146 valence electrons. The van der Waals surface area contributed by atoms with Crippen molar-refractivity contribution >= 4 is 5.91 Å². The van der Waals surface area contributed by atoms with Crippen LogP contribution in [-0.2, 0) is 18.4 Å². The first-order valence-corrected chi connectivity index (χ1v) is 10.3. The van der Waals surface area contributed by atoms with Crippen LogP contribution in [0.5, 0.6) is 0 Å². The van der Waals surface area contributed by atoms with E-state index in [-0.39, 0.29) is 11.8 Å². The zero-order valence-corrected chi connectivity index (χ0v) is 16.3. The second-order valence-electron chi connectivity index (χ2n) is 8.08. The maximum Gasteiger partial charge on any atom is 0.225 e. The summed E-state index contributed by atoms with van der Waals surface area (Å²) in [6.45, 7) is 2.35. The molecule has 1 saturated heterocycles. The summed E-state index contributed by atoms with van der Waals surface area (Å²) in [7, 11) is 2.04. The first-order valence-electron chi connectivity index (χ1n) is 10.3. The minimum atomic E-state index is 0.238. The highest BCUT2D eigenvalue weighted by Gasteiger charge is 2.31. The van der Waals surface area contributed by atoms with Crippen molar-refractivity contribution in [3.05, 3.63) is 30.4 Å². The zero-order chi connectivity index (χ0) is 18.6. The van der Waals surface area contributed by atoms with E-state index in [1.807, 2.05) is 17.8 Å². The third-order valence-electron chi connectivity index (χ3n) is 6.18. The third-order valence-corrected chi connectivity index (χ3v) is 6.18. The Kier molecular flexibility index (Phi) is 5.55. The molecule has 0 bridgehead atoms. The SMILES string of the molecule is Cn1c(Cn2ccnc2)nnc1[C@H]1CCCN(C(=O)C2CCCCCC2)C1. The van der Waals surface area contributed by atoms with Gasteiger partial charge in [0.1, 0.15) is 5.82 Å². The number of nitrogens with zero attached hydrogens (tertiary/aromatic N) is 6. The average Bonchev–Trinajstić information content (AvgIpc) is 3.24. The van der Waals surface area contributed by atoms with Crippen LogP contribution in [0.1, 0.15) is 68.9 Å². The van der Waals surface area contributed by atoms with Gasteiger partial charge in [0.25, 0.3) is 0 Å². The Balaban J connectivity index is 1.43. The number of hydrogen-bond donors (Lipinski definition) is 0. The number of carbonyl (C=O) groups excluding carboxylic acids is 1. The Morgan fingerprint density at radius 1 is 1.11 bits per heavy atom. The van der Waals surface area contributed by atoms with Gasteiger partial charge in [0.2, 0.25) is 5.91 Å². The lowest BCUT2D eigenvalue weighted by molar-refractivity contribution is -0.137. The van der Waals surface area contributed by atoms with Crippen molar-refractivity contribution in [1.82, 2.24) is 29.2 Å². The highest BCUT2D eigenvalue weighted by molar-refractivity contribution is 5.79. The van der Waals surface area contributed by atoms with E-state index in [1.54, 1.807) is 12.5 Å². The predicted molar refractivity (Wildman–Crippen MR) is 102 cm³/mol. The molecule has 1 aliphatic heterocycles. The van der Waals surface area contributed by atoms with Crippen molar-refractivity contribution in [2.24, 2.45) is 13.0 Å². The van der Waals surface area contributed by atoms with Gasteiger partial charge in [-0.1, -0.05) is 25.7 Å². The molecule has 2 aliphatic rings. The highest BCUT2D eigenvalue weighted by atomic mass is 16.2. The van der Waals surface area contributed by atoms with Crippen molar-refractivity contribution in [1.29, 1.82) is 0 Å². The predicted octanol–water partition coefficient (Wildman–Crippen LogP) is 2.74. The number of hydrogen-bond acceptors (Lipinski definition) is 4. The molecule has 1 aliphatic carbocycles. The first-order chi connectivity index (χ1) is 13.2. The number of likely N-dealkylation sites (tertiary alicyclic amines) is 1. The Labute approximate surface area is 160 Å². The molecule has 27 heavy (non-hydrogen) atoms. The number of piperidine rings is 1. The van der Waals surface area contributed by atoms with Crippen LogP contribution in [0.4, 0.5) is 0 Å². The van der Waals surface area contributed by atoms with Crippen molar-refractivity contribution in [3.8, 4) is 0 Å². The average molecular weight is 371 g/mol. The molecule has 7 nitrogen and oxygen atoms in total. The Bertz CT molecular complexity index is 745. The lowest BCUT2D eigenvalue weighted by Gasteiger charge is -2.34. The maximum absolute atomic E-state index is 13.1. The summed E-state index contributed by atoms with van der Waals surface area (Å²) in [6, 6.07) is 0. The van der Waals surface area contributed by atoms with Gasteiger partial charge < -0.3 is 14.0 Å². The van der Waals surface area contributed by atoms with Crippen LogP contribution in [0.2, 0.25) is 0 Å². The molecule has 0 N–H and O–H groups in total. The quantitative estimate of drug-likeness (QED) is 0.776.